The van der Waals surface area contributed by atoms with Gasteiger partial charge in [-0.05, 0) is 70.1 Å². The van der Waals surface area contributed by atoms with Crippen LogP contribution in [0.5, 0.6) is 0 Å². The lowest BCUT2D eigenvalue weighted by Gasteiger charge is -2.45. The number of aryl methyl sites for hydroxylation is 1. The van der Waals surface area contributed by atoms with Gasteiger partial charge < -0.3 is 15.4 Å². The van der Waals surface area contributed by atoms with Gasteiger partial charge in [0.15, 0.2) is 0 Å². The highest BCUT2D eigenvalue weighted by molar-refractivity contribution is 5.74. The predicted octanol–water partition coefficient (Wildman–Crippen LogP) is 5.54. The number of anilines is 1. The molecule has 3 heterocycles. The quantitative estimate of drug-likeness (QED) is 0.452. The summed E-state index contributed by atoms with van der Waals surface area (Å²) in [6.45, 7) is 8.67. The highest BCUT2D eigenvalue weighted by Gasteiger charge is 2.51. The number of alkyl halides is 3. The van der Waals surface area contributed by atoms with E-state index >= 15 is 0 Å². The Morgan fingerprint density at radius 3 is 2.62 bits per heavy atom. The number of rotatable bonds is 4. The van der Waals surface area contributed by atoms with Crippen molar-refractivity contribution in [3.8, 4) is 17.3 Å². The molecule has 1 saturated carbocycles. The van der Waals surface area contributed by atoms with Gasteiger partial charge in [-0.2, -0.15) is 28.6 Å². The molecule has 1 spiro atoms. The standard InChI is InChI=1S/C28H32F3N7O2/c1-17-22(15-37(34-17)14-18-6-5-7-19(10-18)28(29,30)31)23-21(13-32)24(33)38(35-23)20-11-27(12-20)8-9-36(16-27)25(39)40-26(2,3)4/h5-7,10,15,20H,8-9,11-12,14,16,33H2,1-4H3/t20-,27-. The van der Waals surface area contributed by atoms with Gasteiger partial charge in [0.05, 0.1) is 23.8 Å². The molecule has 9 nitrogen and oxygen atoms in total. The normalized spacial score (nSPS) is 20.9. The van der Waals surface area contributed by atoms with E-state index in [4.69, 9.17) is 15.6 Å². The van der Waals surface area contributed by atoms with Gasteiger partial charge >= 0.3 is 12.3 Å². The Balaban J connectivity index is 1.32. The summed E-state index contributed by atoms with van der Waals surface area (Å²) in [6.07, 6.45) is -0.644. The van der Waals surface area contributed by atoms with E-state index in [-0.39, 0.29) is 35.5 Å². The number of nitrogens with two attached hydrogens (primary N) is 1. The van der Waals surface area contributed by atoms with E-state index in [0.717, 1.165) is 31.4 Å². The Bertz CT molecular complexity index is 1490. The van der Waals surface area contributed by atoms with Crippen molar-refractivity contribution in [2.45, 2.75) is 71.3 Å². The number of nitrogens with zero attached hydrogens (tertiary/aromatic N) is 6. The van der Waals surface area contributed by atoms with E-state index in [1.807, 2.05) is 20.8 Å². The molecule has 1 saturated heterocycles. The third-order valence-electron chi connectivity index (χ3n) is 7.63. The van der Waals surface area contributed by atoms with E-state index in [1.54, 1.807) is 33.5 Å². The number of amides is 1. The first-order chi connectivity index (χ1) is 18.7. The van der Waals surface area contributed by atoms with Crippen LogP contribution < -0.4 is 5.73 Å². The minimum absolute atomic E-state index is 0.0140. The molecular weight excluding hydrogens is 523 g/mol. The highest BCUT2D eigenvalue weighted by atomic mass is 19.4. The maximum absolute atomic E-state index is 13.1. The van der Waals surface area contributed by atoms with Crippen LogP contribution >= 0.6 is 0 Å². The number of ether oxygens (including phenoxy) is 1. The number of nitrogen functional groups attached to an aromatic ring is 1. The summed E-state index contributed by atoms with van der Waals surface area (Å²) >= 11 is 0. The summed E-state index contributed by atoms with van der Waals surface area (Å²) < 4.78 is 48.2. The molecule has 0 bridgehead atoms. The van der Waals surface area contributed by atoms with Gasteiger partial charge in [-0.1, -0.05) is 12.1 Å². The molecule has 2 aromatic heterocycles. The van der Waals surface area contributed by atoms with Crippen molar-refractivity contribution in [3.63, 3.8) is 0 Å². The van der Waals surface area contributed by atoms with Crippen molar-refractivity contribution in [2.24, 2.45) is 5.41 Å². The van der Waals surface area contributed by atoms with Gasteiger partial charge in [-0.3, -0.25) is 4.68 Å². The highest BCUT2D eigenvalue weighted by Crippen LogP contribution is 2.55. The van der Waals surface area contributed by atoms with Crippen LogP contribution in [0.4, 0.5) is 23.8 Å². The van der Waals surface area contributed by atoms with E-state index < -0.39 is 17.3 Å². The topological polar surface area (TPSA) is 115 Å². The van der Waals surface area contributed by atoms with E-state index in [2.05, 4.69) is 11.2 Å². The average molecular weight is 556 g/mol. The number of hydrogen-bond acceptors (Lipinski definition) is 6. The monoisotopic (exact) mass is 555 g/mol. The summed E-state index contributed by atoms with van der Waals surface area (Å²) in [6, 6.07) is 7.26. The number of benzene rings is 1. The third kappa shape index (κ3) is 5.24. The van der Waals surface area contributed by atoms with Crippen LogP contribution in [-0.4, -0.2) is 49.2 Å². The molecule has 1 amide bonds. The van der Waals surface area contributed by atoms with E-state index in [1.165, 1.54) is 6.07 Å². The minimum atomic E-state index is -4.43. The van der Waals surface area contributed by atoms with Gasteiger partial charge in [0.2, 0.25) is 0 Å². The largest absolute Gasteiger partial charge is 0.444 e. The molecular formula is C28H32F3N7O2. The molecule has 1 aliphatic carbocycles. The Morgan fingerprint density at radius 1 is 1.25 bits per heavy atom. The smallest absolute Gasteiger partial charge is 0.416 e. The molecule has 1 aliphatic heterocycles. The van der Waals surface area contributed by atoms with Crippen LogP contribution in [0.25, 0.3) is 11.3 Å². The fraction of sp³-hybridized carbons (Fsp3) is 0.500. The number of hydrogen-bond donors (Lipinski definition) is 1. The Hall–Kier alpha value is -4.01. The van der Waals surface area contributed by atoms with Crippen molar-refractivity contribution in [1.82, 2.24) is 24.5 Å². The molecule has 0 unspecified atom stereocenters. The van der Waals surface area contributed by atoms with Gasteiger partial charge in [0, 0.05) is 24.8 Å². The third-order valence-corrected chi connectivity index (χ3v) is 7.63. The van der Waals surface area contributed by atoms with Gasteiger partial charge in [-0.15, -0.1) is 0 Å². The SMILES string of the molecule is Cc1nn(Cc2cccc(C(F)(F)F)c2)cc1-c1nn([C@H]2C[C@@]3(CCN(C(=O)OC(C)(C)C)C3)C2)c(N)c1C#N. The Labute approximate surface area is 230 Å². The lowest BCUT2D eigenvalue weighted by atomic mass is 9.65. The van der Waals surface area contributed by atoms with Crippen LogP contribution in [-0.2, 0) is 17.5 Å². The second kappa shape index (κ2) is 9.57. The zero-order chi connectivity index (χ0) is 29.0. The Kier molecular flexibility index (Phi) is 6.59. The number of carbonyl (C=O) groups excluding carboxylic acids is 1. The summed E-state index contributed by atoms with van der Waals surface area (Å²) in [5.41, 5.74) is 7.36. The maximum Gasteiger partial charge on any atom is 0.416 e. The van der Waals surface area contributed by atoms with Crippen LogP contribution in [0.3, 0.4) is 0 Å². The number of aromatic nitrogens is 4. The summed E-state index contributed by atoms with van der Waals surface area (Å²) in [4.78, 5) is 14.3. The van der Waals surface area contributed by atoms with Crippen LogP contribution in [0.1, 0.15) is 68.5 Å². The molecule has 3 aromatic rings. The average Bonchev–Trinajstić information content (AvgIpc) is 3.52. The van der Waals surface area contributed by atoms with E-state index in [9.17, 15) is 23.2 Å². The first-order valence-corrected chi connectivity index (χ1v) is 13.1. The fourth-order valence-corrected chi connectivity index (χ4v) is 5.75. The second-order valence-corrected chi connectivity index (χ2v) is 11.9. The zero-order valence-electron chi connectivity index (χ0n) is 22.9. The zero-order valence-corrected chi connectivity index (χ0v) is 22.9. The second-order valence-electron chi connectivity index (χ2n) is 11.9. The molecule has 5 rings (SSSR count). The van der Waals surface area contributed by atoms with Crippen molar-refractivity contribution >= 4 is 11.9 Å². The summed E-state index contributed by atoms with van der Waals surface area (Å²) in [7, 11) is 0. The molecule has 2 fully saturated rings. The van der Waals surface area contributed by atoms with Crippen LogP contribution in [0.15, 0.2) is 30.5 Å². The molecule has 0 radical (unpaired) electrons. The number of nitriles is 1. The van der Waals surface area contributed by atoms with Crippen LogP contribution in [0.2, 0.25) is 0 Å². The predicted molar refractivity (Wildman–Crippen MR) is 141 cm³/mol. The minimum Gasteiger partial charge on any atom is -0.444 e. The molecule has 40 heavy (non-hydrogen) atoms. The lowest BCUT2D eigenvalue weighted by Crippen LogP contribution is -2.43. The van der Waals surface area contributed by atoms with Crippen LogP contribution in [0, 0.1) is 23.7 Å². The molecule has 212 valence electrons. The molecule has 0 atom stereocenters. The van der Waals surface area contributed by atoms with Crippen molar-refractivity contribution < 1.29 is 22.7 Å². The number of halogens is 3. The molecule has 1 aromatic carbocycles. The van der Waals surface area contributed by atoms with Gasteiger partial charge in [0.25, 0.3) is 0 Å². The van der Waals surface area contributed by atoms with Crippen molar-refractivity contribution in [1.29, 1.82) is 5.26 Å². The fourth-order valence-electron chi connectivity index (χ4n) is 5.75. The van der Waals surface area contributed by atoms with Crippen molar-refractivity contribution in [3.05, 3.63) is 52.8 Å². The first-order valence-electron chi connectivity index (χ1n) is 13.1. The summed E-state index contributed by atoms with van der Waals surface area (Å²) in [5.74, 6) is 0.268. The number of likely N-dealkylation sites (tertiary alicyclic amines) is 1. The molecule has 12 heteroatoms. The van der Waals surface area contributed by atoms with E-state index in [0.29, 0.717) is 35.6 Å². The first kappa shape index (κ1) is 27.6. The number of carbonyl (C=O) groups is 1. The lowest BCUT2D eigenvalue weighted by molar-refractivity contribution is -0.137. The van der Waals surface area contributed by atoms with Gasteiger partial charge in [-0.25, -0.2) is 9.48 Å². The molecule has 2 aliphatic rings. The van der Waals surface area contributed by atoms with Gasteiger partial charge in [0.1, 0.15) is 28.7 Å². The Morgan fingerprint density at radius 2 is 1.98 bits per heavy atom. The van der Waals surface area contributed by atoms with Crippen molar-refractivity contribution in [2.75, 3.05) is 18.8 Å². The maximum atomic E-state index is 13.1. The molecule has 2 N–H and O–H groups in total. The summed E-state index contributed by atoms with van der Waals surface area (Å²) in [5, 5.41) is 19.1.